The number of piperidine rings is 2. The summed E-state index contributed by atoms with van der Waals surface area (Å²) < 4.78 is 10.6. The Hall–Kier alpha value is -1.83. The second kappa shape index (κ2) is 10.2. The first kappa shape index (κ1) is 25.8. The number of amides is 1. The number of ketones is 1. The lowest BCUT2D eigenvalue weighted by atomic mass is 9.84. The molecule has 0 N–H and O–H groups in total. The molecular formula is C25H42N2O6. The Bertz CT molecular complexity index is 725. The number of nitrogens with zero attached hydrogens (tertiary/aromatic N) is 2. The lowest BCUT2D eigenvalue weighted by molar-refractivity contribution is -0.136. The molecule has 8 nitrogen and oxygen atoms in total. The van der Waals surface area contributed by atoms with E-state index in [-0.39, 0.29) is 18.4 Å². The lowest BCUT2D eigenvalue weighted by Crippen LogP contribution is -2.49. The van der Waals surface area contributed by atoms with Gasteiger partial charge < -0.3 is 14.3 Å². The van der Waals surface area contributed by atoms with Gasteiger partial charge in [-0.1, -0.05) is 12.8 Å². The summed E-state index contributed by atoms with van der Waals surface area (Å²) in [6.45, 7) is 12.8. The molecule has 1 saturated carbocycles. The zero-order valence-corrected chi connectivity index (χ0v) is 21.2. The van der Waals surface area contributed by atoms with Gasteiger partial charge in [-0.15, -0.1) is 5.06 Å². The second-order valence-corrected chi connectivity index (χ2v) is 11.8. The van der Waals surface area contributed by atoms with Crippen LogP contribution < -0.4 is 0 Å². The molecular weight excluding hydrogens is 424 g/mol. The van der Waals surface area contributed by atoms with Gasteiger partial charge in [-0.25, -0.2) is 9.59 Å². The molecule has 0 radical (unpaired) electrons. The lowest BCUT2D eigenvalue weighted by Gasteiger charge is -2.42. The number of rotatable bonds is 5. The van der Waals surface area contributed by atoms with Crippen molar-refractivity contribution in [3.05, 3.63) is 0 Å². The topological polar surface area (TPSA) is 85.4 Å². The molecule has 4 atom stereocenters. The van der Waals surface area contributed by atoms with E-state index in [4.69, 9.17) is 14.3 Å². The molecule has 33 heavy (non-hydrogen) atoms. The van der Waals surface area contributed by atoms with Crippen LogP contribution in [0.5, 0.6) is 0 Å². The average Bonchev–Trinajstić information content (AvgIpc) is 2.92. The Morgan fingerprint density at radius 1 is 1.03 bits per heavy atom. The smallest absolute Gasteiger partial charge is 0.442 e. The predicted octanol–water partition coefficient (Wildman–Crippen LogP) is 4.95. The number of ether oxygens (including phenoxy) is 2. The summed E-state index contributed by atoms with van der Waals surface area (Å²) in [5.74, 6) is 1.23. The van der Waals surface area contributed by atoms with Crippen LogP contribution in [0.15, 0.2) is 0 Å². The molecule has 0 aromatic carbocycles. The van der Waals surface area contributed by atoms with Gasteiger partial charge in [-0.05, 0) is 86.1 Å². The number of unbranched alkanes of at least 4 members (excludes halogenated alkanes) is 1. The van der Waals surface area contributed by atoms with Gasteiger partial charge in [-0.3, -0.25) is 9.69 Å². The van der Waals surface area contributed by atoms with Gasteiger partial charge in [0.15, 0.2) is 0 Å². The molecule has 3 fully saturated rings. The minimum atomic E-state index is -0.940. The third-order valence-electron chi connectivity index (χ3n) is 6.75. The van der Waals surface area contributed by atoms with E-state index < -0.39 is 23.5 Å². The number of hydrogen-bond donors (Lipinski definition) is 0. The van der Waals surface area contributed by atoms with E-state index in [1.54, 1.807) is 41.5 Å². The third-order valence-corrected chi connectivity index (χ3v) is 6.75. The van der Waals surface area contributed by atoms with Gasteiger partial charge >= 0.3 is 12.2 Å². The monoisotopic (exact) mass is 466 g/mol. The van der Waals surface area contributed by atoms with Gasteiger partial charge in [0.1, 0.15) is 17.0 Å². The van der Waals surface area contributed by atoms with E-state index in [1.165, 1.54) is 12.8 Å². The number of carbonyl (C=O) groups is 3. The first-order valence-electron chi connectivity index (χ1n) is 12.5. The van der Waals surface area contributed by atoms with Crippen LogP contribution in [0.3, 0.4) is 0 Å². The molecule has 2 heterocycles. The first-order chi connectivity index (χ1) is 15.3. The fourth-order valence-corrected chi connectivity index (χ4v) is 5.51. The molecule has 0 aromatic rings. The van der Waals surface area contributed by atoms with E-state index in [0.717, 1.165) is 43.8 Å². The van der Waals surface area contributed by atoms with E-state index in [9.17, 15) is 14.4 Å². The molecule has 1 amide bonds. The fourth-order valence-electron chi connectivity index (χ4n) is 5.51. The minimum Gasteiger partial charge on any atom is -0.442 e. The summed E-state index contributed by atoms with van der Waals surface area (Å²) in [4.78, 5) is 45.6. The maximum atomic E-state index is 13.1. The Morgan fingerprint density at radius 2 is 1.73 bits per heavy atom. The fraction of sp³-hybridized carbons (Fsp3) is 0.880. The number of fused-ring (bicyclic) bond motifs is 4. The summed E-state index contributed by atoms with van der Waals surface area (Å²) >= 11 is 0. The maximum absolute atomic E-state index is 13.1. The summed E-state index contributed by atoms with van der Waals surface area (Å²) in [6.07, 6.45) is 5.21. The molecule has 3 rings (SSSR count). The highest BCUT2D eigenvalue weighted by atomic mass is 16.8. The molecule has 2 bridgehead atoms. The Balaban J connectivity index is 1.52. The van der Waals surface area contributed by atoms with Gasteiger partial charge in [-0.2, -0.15) is 0 Å². The zero-order chi connectivity index (χ0) is 24.4. The highest BCUT2D eigenvalue weighted by Crippen LogP contribution is 2.46. The standard InChI is InChI=1S/C25H42N2O6/c1-24(2,3)31-22(29)27(33-23(30)32-25(4,5)6)14-10-7-11-18-17-15-19(21(18)28)20-12-8-9-13-26(20)16-17/h17-20H,7-16H2,1-6H3/t17?,18-,19?,20+/m1/s1. The van der Waals surface area contributed by atoms with Crippen molar-refractivity contribution in [2.45, 2.75) is 104 Å². The van der Waals surface area contributed by atoms with Crippen LogP contribution in [-0.4, -0.2) is 64.9 Å². The summed E-state index contributed by atoms with van der Waals surface area (Å²) in [5.41, 5.74) is -1.45. The number of hydrogen-bond acceptors (Lipinski definition) is 7. The van der Waals surface area contributed by atoms with Crippen molar-refractivity contribution in [3.63, 3.8) is 0 Å². The summed E-state index contributed by atoms with van der Waals surface area (Å²) in [5, 5.41) is 0.939. The molecule has 0 spiro atoms. The normalized spacial score (nSPS) is 27.6. The van der Waals surface area contributed by atoms with Crippen LogP contribution >= 0.6 is 0 Å². The molecule has 2 saturated heterocycles. The molecule has 188 valence electrons. The molecule has 2 unspecified atom stereocenters. The van der Waals surface area contributed by atoms with Crippen molar-refractivity contribution in [2.75, 3.05) is 19.6 Å². The van der Waals surface area contributed by atoms with Crippen LogP contribution in [0.4, 0.5) is 9.59 Å². The van der Waals surface area contributed by atoms with Crippen LogP contribution in [-0.2, 0) is 19.1 Å². The summed E-state index contributed by atoms with van der Waals surface area (Å²) in [7, 11) is 0. The minimum absolute atomic E-state index is 0.113. The second-order valence-electron chi connectivity index (χ2n) is 11.8. The van der Waals surface area contributed by atoms with Crippen LogP contribution in [0.2, 0.25) is 0 Å². The van der Waals surface area contributed by atoms with Crippen LogP contribution in [0, 0.1) is 17.8 Å². The molecule has 1 aliphatic carbocycles. The predicted molar refractivity (Wildman–Crippen MR) is 123 cm³/mol. The number of Topliss-reactive ketones (excluding diaryl/α,β-unsaturated/α-hetero) is 1. The van der Waals surface area contributed by atoms with Crippen LogP contribution in [0.1, 0.15) is 86.5 Å². The zero-order valence-electron chi connectivity index (χ0n) is 21.2. The Kier molecular flexibility index (Phi) is 7.97. The van der Waals surface area contributed by atoms with Crippen molar-refractivity contribution in [1.82, 2.24) is 9.96 Å². The van der Waals surface area contributed by atoms with E-state index in [0.29, 0.717) is 24.2 Å². The molecule has 0 aromatic heterocycles. The molecule has 8 heteroatoms. The molecule has 2 aliphatic heterocycles. The van der Waals surface area contributed by atoms with Gasteiger partial charge in [0.05, 0.1) is 6.54 Å². The SMILES string of the molecule is CC(C)(C)OC(=O)ON(CCCC[C@H]1C(=O)C2CC1CN1CCCC[C@@H]21)C(=O)OC(C)(C)C. The van der Waals surface area contributed by atoms with Crippen molar-refractivity contribution in [2.24, 2.45) is 17.8 Å². The van der Waals surface area contributed by atoms with Gasteiger partial charge in [0.2, 0.25) is 0 Å². The number of hydroxylamine groups is 2. The molecule has 3 aliphatic rings. The quantitative estimate of drug-likeness (QED) is 0.322. The number of carbonyl (C=O) groups excluding carboxylic acids is 3. The third kappa shape index (κ3) is 7.08. The van der Waals surface area contributed by atoms with E-state index in [2.05, 4.69) is 4.90 Å². The highest BCUT2D eigenvalue weighted by molar-refractivity contribution is 5.87. The summed E-state index contributed by atoms with van der Waals surface area (Å²) in [6, 6.07) is 0.456. The highest BCUT2D eigenvalue weighted by Gasteiger charge is 2.51. The van der Waals surface area contributed by atoms with Crippen LogP contribution in [0.25, 0.3) is 0 Å². The van der Waals surface area contributed by atoms with E-state index in [1.807, 2.05) is 0 Å². The van der Waals surface area contributed by atoms with Crippen molar-refractivity contribution in [1.29, 1.82) is 0 Å². The Morgan fingerprint density at radius 3 is 2.39 bits per heavy atom. The average molecular weight is 467 g/mol. The van der Waals surface area contributed by atoms with Gasteiger partial charge in [0, 0.05) is 24.4 Å². The Labute approximate surface area is 198 Å². The first-order valence-corrected chi connectivity index (χ1v) is 12.5. The van der Waals surface area contributed by atoms with Gasteiger partial charge in [0.25, 0.3) is 0 Å². The van der Waals surface area contributed by atoms with Crippen molar-refractivity contribution in [3.8, 4) is 0 Å². The largest absolute Gasteiger partial charge is 0.534 e. The maximum Gasteiger partial charge on any atom is 0.534 e. The van der Waals surface area contributed by atoms with Crippen molar-refractivity contribution >= 4 is 18.0 Å². The van der Waals surface area contributed by atoms with E-state index >= 15 is 0 Å². The van der Waals surface area contributed by atoms with Crippen molar-refractivity contribution < 1.29 is 28.7 Å².